The summed E-state index contributed by atoms with van der Waals surface area (Å²) in [5.41, 5.74) is 6.75. The third-order valence-electron chi connectivity index (χ3n) is 3.82. The fraction of sp³-hybridized carbons (Fsp3) is 0.438. The molecule has 2 atom stereocenters. The van der Waals surface area contributed by atoms with Crippen molar-refractivity contribution in [2.75, 3.05) is 13.1 Å². The lowest BCUT2D eigenvalue weighted by atomic mass is 9.92. The predicted molar refractivity (Wildman–Crippen MR) is 83.4 cm³/mol. The average molecular weight is 293 g/mol. The third kappa shape index (κ3) is 3.84. The van der Waals surface area contributed by atoms with Crippen LogP contribution in [0.3, 0.4) is 0 Å². The second-order valence-corrected chi connectivity index (χ2v) is 5.87. The lowest BCUT2D eigenvalue weighted by Crippen LogP contribution is -2.48. The van der Waals surface area contributed by atoms with Crippen molar-refractivity contribution in [1.82, 2.24) is 4.90 Å². The van der Waals surface area contributed by atoms with E-state index in [-0.39, 0.29) is 11.9 Å². The Hall–Kier alpha value is -1.32. The zero-order valence-electron chi connectivity index (χ0n) is 11.8. The van der Waals surface area contributed by atoms with Gasteiger partial charge in [-0.05, 0) is 42.5 Å². The highest BCUT2D eigenvalue weighted by Gasteiger charge is 2.27. The minimum Gasteiger partial charge on any atom is -0.335 e. The molecule has 4 heteroatoms. The van der Waals surface area contributed by atoms with Crippen LogP contribution in [0, 0.1) is 5.92 Å². The van der Waals surface area contributed by atoms with Crippen molar-refractivity contribution in [2.24, 2.45) is 11.7 Å². The van der Waals surface area contributed by atoms with E-state index in [0.717, 1.165) is 24.9 Å². The van der Waals surface area contributed by atoms with Crippen molar-refractivity contribution in [3.63, 3.8) is 0 Å². The average Bonchev–Trinajstić information content (AvgIpc) is 2.46. The Labute approximate surface area is 125 Å². The number of rotatable bonds is 3. The van der Waals surface area contributed by atoms with Crippen LogP contribution < -0.4 is 5.73 Å². The first-order valence-corrected chi connectivity index (χ1v) is 7.42. The Morgan fingerprint density at radius 2 is 2.15 bits per heavy atom. The van der Waals surface area contributed by atoms with Crippen LogP contribution in [0.15, 0.2) is 30.3 Å². The maximum Gasteiger partial charge on any atom is 0.246 e. The third-order valence-corrected chi connectivity index (χ3v) is 4.07. The number of carbonyl (C=O) groups excluding carboxylic acids is 1. The van der Waals surface area contributed by atoms with E-state index < -0.39 is 0 Å². The maximum absolute atomic E-state index is 12.3. The zero-order valence-corrected chi connectivity index (χ0v) is 12.5. The SMILES string of the molecule is CC1CCN(C(=O)/C=C/c2ccc(Cl)cc2)C(CN)C1. The molecule has 0 bridgehead atoms. The van der Waals surface area contributed by atoms with E-state index in [1.54, 1.807) is 6.08 Å². The van der Waals surface area contributed by atoms with Crippen LogP contribution in [0.4, 0.5) is 0 Å². The van der Waals surface area contributed by atoms with Gasteiger partial charge in [-0.15, -0.1) is 0 Å². The van der Waals surface area contributed by atoms with E-state index >= 15 is 0 Å². The number of amides is 1. The summed E-state index contributed by atoms with van der Waals surface area (Å²) in [4.78, 5) is 14.2. The van der Waals surface area contributed by atoms with E-state index in [9.17, 15) is 4.79 Å². The van der Waals surface area contributed by atoms with Crippen LogP contribution in [0.1, 0.15) is 25.3 Å². The van der Waals surface area contributed by atoms with Crippen molar-refractivity contribution in [3.8, 4) is 0 Å². The molecule has 2 N–H and O–H groups in total. The number of piperidine rings is 1. The summed E-state index contributed by atoms with van der Waals surface area (Å²) in [6, 6.07) is 7.59. The maximum atomic E-state index is 12.3. The largest absolute Gasteiger partial charge is 0.335 e. The molecule has 0 aromatic heterocycles. The van der Waals surface area contributed by atoms with Gasteiger partial charge in [0.1, 0.15) is 0 Å². The Kier molecular flexibility index (Phi) is 5.21. The van der Waals surface area contributed by atoms with Gasteiger partial charge in [0.25, 0.3) is 0 Å². The van der Waals surface area contributed by atoms with Crippen molar-refractivity contribution in [1.29, 1.82) is 0 Å². The van der Waals surface area contributed by atoms with Gasteiger partial charge >= 0.3 is 0 Å². The van der Waals surface area contributed by atoms with Crippen LogP contribution in [0.2, 0.25) is 5.02 Å². The molecule has 1 fully saturated rings. The number of halogens is 1. The number of likely N-dealkylation sites (tertiary alicyclic amines) is 1. The summed E-state index contributed by atoms with van der Waals surface area (Å²) in [5.74, 6) is 0.690. The molecule has 1 heterocycles. The Morgan fingerprint density at radius 3 is 2.80 bits per heavy atom. The highest BCUT2D eigenvalue weighted by molar-refractivity contribution is 6.30. The number of nitrogens with two attached hydrogens (primary N) is 1. The first-order valence-electron chi connectivity index (χ1n) is 7.04. The van der Waals surface area contributed by atoms with Crippen molar-refractivity contribution >= 4 is 23.6 Å². The van der Waals surface area contributed by atoms with Crippen LogP contribution in [-0.4, -0.2) is 29.9 Å². The summed E-state index contributed by atoms with van der Waals surface area (Å²) < 4.78 is 0. The van der Waals surface area contributed by atoms with Gasteiger partial charge in [0.2, 0.25) is 5.91 Å². The second-order valence-electron chi connectivity index (χ2n) is 5.44. The number of carbonyl (C=O) groups is 1. The van der Waals surface area contributed by atoms with Gasteiger partial charge in [-0.1, -0.05) is 30.7 Å². The molecule has 0 spiro atoms. The van der Waals surface area contributed by atoms with Crippen molar-refractivity contribution in [2.45, 2.75) is 25.8 Å². The quantitative estimate of drug-likeness (QED) is 0.871. The van der Waals surface area contributed by atoms with Crippen molar-refractivity contribution in [3.05, 3.63) is 40.9 Å². The fourth-order valence-corrected chi connectivity index (χ4v) is 2.73. The summed E-state index contributed by atoms with van der Waals surface area (Å²) in [6.07, 6.45) is 5.50. The molecule has 1 amide bonds. The first kappa shape index (κ1) is 15.1. The van der Waals surface area contributed by atoms with E-state index in [0.29, 0.717) is 17.5 Å². The summed E-state index contributed by atoms with van der Waals surface area (Å²) in [7, 11) is 0. The highest BCUT2D eigenvalue weighted by atomic mass is 35.5. The molecule has 2 rings (SSSR count). The Balaban J connectivity index is 2.01. The smallest absolute Gasteiger partial charge is 0.246 e. The fourth-order valence-electron chi connectivity index (χ4n) is 2.60. The van der Waals surface area contributed by atoms with E-state index in [4.69, 9.17) is 17.3 Å². The monoisotopic (exact) mass is 292 g/mol. The number of hydrogen-bond acceptors (Lipinski definition) is 2. The lowest BCUT2D eigenvalue weighted by Gasteiger charge is -2.37. The van der Waals surface area contributed by atoms with Gasteiger partial charge in [0, 0.05) is 30.2 Å². The second kappa shape index (κ2) is 6.91. The number of hydrogen-bond donors (Lipinski definition) is 1. The van der Waals surface area contributed by atoms with Gasteiger partial charge in [-0.2, -0.15) is 0 Å². The van der Waals surface area contributed by atoms with Crippen LogP contribution in [0.5, 0.6) is 0 Å². The molecule has 20 heavy (non-hydrogen) atoms. The summed E-state index contributed by atoms with van der Waals surface area (Å²) >= 11 is 5.83. The molecule has 0 saturated carbocycles. The number of nitrogens with zero attached hydrogens (tertiary/aromatic N) is 1. The van der Waals surface area contributed by atoms with Crippen LogP contribution >= 0.6 is 11.6 Å². The van der Waals surface area contributed by atoms with Gasteiger partial charge < -0.3 is 10.6 Å². The number of benzene rings is 1. The molecule has 1 aliphatic heterocycles. The molecule has 1 aromatic carbocycles. The zero-order chi connectivity index (χ0) is 14.5. The lowest BCUT2D eigenvalue weighted by molar-refractivity contribution is -0.129. The van der Waals surface area contributed by atoms with Gasteiger partial charge in [-0.3, -0.25) is 4.79 Å². The van der Waals surface area contributed by atoms with E-state index in [1.165, 1.54) is 0 Å². The first-order chi connectivity index (χ1) is 9.60. The molecule has 0 radical (unpaired) electrons. The highest BCUT2D eigenvalue weighted by Crippen LogP contribution is 2.22. The minimum absolute atomic E-state index is 0.0438. The Morgan fingerprint density at radius 1 is 1.45 bits per heavy atom. The Bertz CT molecular complexity index is 484. The normalized spacial score (nSPS) is 23.2. The molecular weight excluding hydrogens is 272 g/mol. The van der Waals surface area contributed by atoms with E-state index in [2.05, 4.69) is 6.92 Å². The summed E-state index contributed by atoms with van der Waals surface area (Å²) in [6.45, 7) is 3.55. The van der Waals surface area contributed by atoms with E-state index in [1.807, 2.05) is 35.2 Å². The molecule has 1 saturated heterocycles. The topological polar surface area (TPSA) is 46.3 Å². The molecule has 0 aliphatic carbocycles. The minimum atomic E-state index is 0.0438. The molecule has 108 valence electrons. The predicted octanol–water partition coefficient (Wildman–Crippen LogP) is 2.94. The molecule has 2 unspecified atom stereocenters. The standard InChI is InChI=1S/C16H21ClN2O/c1-12-8-9-19(15(10-12)11-18)16(20)7-4-13-2-5-14(17)6-3-13/h2-7,12,15H,8-11,18H2,1H3/b7-4+. The van der Waals surface area contributed by atoms with Crippen LogP contribution in [-0.2, 0) is 4.79 Å². The van der Waals surface area contributed by atoms with Crippen LogP contribution in [0.25, 0.3) is 6.08 Å². The molecule has 1 aromatic rings. The van der Waals surface area contributed by atoms with Crippen molar-refractivity contribution < 1.29 is 4.79 Å². The van der Waals surface area contributed by atoms with Gasteiger partial charge in [0.05, 0.1) is 0 Å². The molecule has 1 aliphatic rings. The van der Waals surface area contributed by atoms with Gasteiger partial charge in [-0.25, -0.2) is 0 Å². The summed E-state index contributed by atoms with van der Waals surface area (Å²) in [5, 5.41) is 0.696. The molecule has 3 nitrogen and oxygen atoms in total. The molecular formula is C16H21ClN2O. The van der Waals surface area contributed by atoms with Gasteiger partial charge in [0.15, 0.2) is 0 Å².